The lowest BCUT2D eigenvalue weighted by Gasteiger charge is -2.40. The monoisotopic (exact) mass is 559 g/mol. The Morgan fingerprint density at radius 3 is 2.33 bits per heavy atom. The number of non-ortho nitro benzene ring substituents is 1. The Kier molecular flexibility index (Phi) is 7.09. The van der Waals surface area contributed by atoms with Crippen LogP contribution in [0.4, 0.5) is 22.7 Å². The van der Waals surface area contributed by atoms with Crippen molar-refractivity contribution in [1.29, 1.82) is 0 Å². The minimum atomic E-state index is -0.972. The maximum absolute atomic E-state index is 14.2. The smallest absolute Gasteiger partial charge is 0.269 e. The van der Waals surface area contributed by atoms with Gasteiger partial charge in [0.2, 0.25) is 5.91 Å². The number of hydrogen-bond donors (Lipinski definition) is 2. The highest BCUT2D eigenvalue weighted by molar-refractivity contribution is 7.10. The number of amides is 2. The molecule has 2 aromatic carbocycles. The molecule has 4 heterocycles. The minimum absolute atomic E-state index is 0.0650. The first-order valence-corrected chi connectivity index (χ1v) is 14.2. The number of carbonyl (C=O) groups is 2. The van der Waals surface area contributed by atoms with Gasteiger partial charge in [0.15, 0.2) is 0 Å². The summed E-state index contributed by atoms with van der Waals surface area (Å²) in [6.07, 6.45) is 5.78. The number of rotatable bonds is 7. The van der Waals surface area contributed by atoms with Gasteiger partial charge >= 0.3 is 0 Å². The second-order valence-electron chi connectivity index (χ2n) is 10.2. The number of fused-ring (bicyclic) bond motifs is 1. The number of piperidine rings is 1. The molecule has 2 amide bonds. The van der Waals surface area contributed by atoms with Crippen molar-refractivity contribution in [1.82, 2.24) is 5.01 Å². The van der Waals surface area contributed by atoms with E-state index in [0.29, 0.717) is 16.3 Å². The van der Waals surface area contributed by atoms with Crippen LogP contribution in [-0.4, -0.2) is 52.0 Å². The normalized spacial score (nSPS) is 23.8. The van der Waals surface area contributed by atoms with E-state index in [9.17, 15) is 24.8 Å². The summed E-state index contributed by atoms with van der Waals surface area (Å²) in [5.41, 5.74) is 5.06. The Morgan fingerprint density at radius 2 is 1.65 bits per heavy atom. The Hall–Kier alpha value is -4.06. The molecule has 1 aromatic heterocycles. The molecule has 2 N–H and O–H groups in total. The van der Waals surface area contributed by atoms with Crippen LogP contribution in [0, 0.1) is 16.0 Å². The number of thiophene rings is 1. The van der Waals surface area contributed by atoms with Crippen LogP contribution in [0.3, 0.4) is 0 Å². The molecule has 0 aliphatic carbocycles. The van der Waals surface area contributed by atoms with Crippen molar-refractivity contribution in [3.63, 3.8) is 0 Å². The molecule has 3 aromatic rings. The van der Waals surface area contributed by atoms with Gasteiger partial charge < -0.3 is 15.4 Å². The van der Waals surface area contributed by atoms with Crippen LogP contribution >= 0.6 is 11.3 Å². The van der Waals surface area contributed by atoms with Crippen LogP contribution in [0.5, 0.6) is 0 Å². The van der Waals surface area contributed by atoms with Gasteiger partial charge in [0.05, 0.1) is 28.3 Å². The SMILES string of the molecule is O=C1C2C=C[C@H]([C@H](O)c3cccs3)N(Nc3ccc([N+](=O)[O-])cc3)[C@@H]2C(=O)N1c1ccccc1N1CCCCC1. The number of nitro benzene ring substituents is 1. The number of hydrazine groups is 1. The maximum Gasteiger partial charge on any atom is 0.269 e. The summed E-state index contributed by atoms with van der Waals surface area (Å²) in [5.74, 6) is -1.48. The lowest BCUT2D eigenvalue weighted by atomic mass is 9.92. The van der Waals surface area contributed by atoms with Gasteiger partial charge in [0.25, 0.3) is 11.6 Å². The molecule has 0 radical (unpaired) electrons. The summed E-state index contributed by atoms with van der Waals surface area (Å²) in [7, 11) is 0. The van der Waals surface area contributed by atoms with Gasteiger partial charge in [-0.15, -0.1) is 11.3 Å². The summed E-state index contributed by atoms with van der Waals surface area (Å²) in [4.78, 5) is 42.9. The zero-order valence-electron chi connectivity index (χ0n) is 21.6. The predicted octanol–water partition coefficient (Wildman–Crippen LogP) is 4.51. The van der Waals surface area contributed by atoms with Crippen LogP contribution < -0.4 is 15.2 Å². The summed E-state index contributed by atoms with van der Waals surface area (Å²) < 4.78 is 0. The number of carbonyl (C=O) groups excluding carboxylic acids is 2. The Labute approximate surface area is 235 Å². The molecule has 40 heavy (non-hydrogen) atoms. The van der Waals surface area contributed by atoms with E-state index in [1.54, 1.807) is 29.3 Å². The molecule has 2 saturated heterocycles. The van der Waals surface area contributed by atoms with Crippen LogP contribution in [-0.2, 0) is 9.59 Å². The van der Waals surface area contributed by atoms with E-state index in [4.69, 9.17) is 0 Å². The number of aliphatic hydroxyl groups excluding tert-OH is 1. The average Bonchev–Trinajstić information content (AvgIpc) is 3.61. The molecule has 0 saturated carbocycles. The quantitative estimate of drug-likeness (QED) is 0.188. The lowest BCUT2D eigenvalue weighted by Crippen LogP contribution is -2.55. The molecular formula is C29H29N5O5S. The highest BCUT2D eigenvalue weighted by Crippen LogP contribution is 2.41. The summed E-state index contributed by atoms with van der Waals surface area (Å²) in [6, 6.07) is 15.4. The van der Waals surface area contributed by atoms with Gasteiger partial charge in [-0.1, -0.05) is 30.4 Å². The number of imide groups is 1. The van der Waals surface area contributed by atoms with Crippen LogP contribution in [0.2, 0.25) is 0 Å². The molecule has 6 rings (SSSR count). The van der Waals surface area contributed by atoms with Crippen molar-refractivity contribution in [3.8, 4) is 0 Å². The lowest BCUT2D eigenvalue weighted by molar-refractivity contribution is -0.384. The van der Waals surface area contributed by atoms with E-state index in [2.05, 4.69) is 10.3 Å². The van der Waals surface area contributed by atoms with Crippen molar-refractivity contribution in [2.75, 3.05) is 28.3 Å². The van der Waals surface area contributed by atoms with Crippen molar-refractivity contribution in [2.45, 2.75) is 37.5 Å². The first-order chi connectivity index (χ1) is 19.4. The van der Waals surface area contributed by atoms with E-state index in [1.807, 2.05) is 41.8 Å². The van der Waals surface area contributed by atoms with Gasteiger partial charge in [-0.3, -0.25) is 19.7 Å². The second kappa shape index (κ2) is 10.8. The highest BCUT2D eigenvalue weighted by atomic mass is 32.1. The number of aliphatic hydroxyl groups is 1. The minimum Gasteiger partial charge on any atom is -0.386 e. The average molecular weight is 560 g/mol. The van der Waals surface area contributed by atoms with E-state index in [0.717, 1.165) is 38.0 Å². The zero-order valence-corrected chi connectivity index (χ0v) is 22.4. The zero-order chi connectivity index (χ0) is 27.8. The van der Waals surface area contributed by atoms with Crippen molar-refractivity contribution in [3.05, 3.63) is 93.2 Å². The molecule has 3 aliphatic heterocycles. The van der Waals surface area contributed by atoms with Gasteiger partial charge in [-0.2, -0.15) is 0 Å². The summed E-state index contributed by atoms with van der Waals surface area (Å²) in [5, 5.41) is 26.0. The highest BCUT2D eigenvalue weighted by Gasteiger charge is 2.54. The van der Waals surface area contributed by atoms with E-state index >= 15 is 0 Å². The first kappa shape index (κ1) is 26.2. The van der Waals surface area contributed by atoms with Crippen LogP contribution in [0.25, 0.3) is 0 Å². The van der Waals surface area contributed by atoms with E-state index < -0.39 is 29.0 Å². The molecule has 1 unspecified atom stereocenters. The fourth-order valence-electron chi connectivity index (χ4n) is 5.80. The van der Waals surface area contributed by atoms with Crippen molar-refractivity contribution >= 4 is 45.9 Å². The maximum atomic E-state index is 14.2. The molecule has 10 nitrogen and oxygen atoms in total. The van der Waals surface area contributed by atoms with Crippen molar-refractivity contribution < 1.29 is 19.6 Å². The molecule has 4 atom stereocenters. The molecule has 11 heteroatoms. The second-order valence-corrected chi connectivity index (χ2v) is 11.2. The molecular weight excluding hydrogens is 530 g/mol. The molecule has 0 bridgehead atoms. The van der Waals surface area contributed by atoms with Gasteiger partial charge in [0, 0.05) is 35.8 Å². The van der Waals surface area contributed by atoms with E-state index in [-0.39, 0.29) is 17.5 Å². The summed E-state index contributed by atoms with van der Waals surface area (Å²) >= 11 is 1.40. The van der Waals surface area contributed by atoms with Gasteiger partial charge in [-0.25, -0.2) is 9.91 Å². The number of nitro groups is 1. The van der Waals surface area contributed by atoms with Crippen LogP contribution in [0.1, 0.15) is 30.2 Å². The number of benzene rings is 2. The van der Waals surface area contributed by atoms with Crippen LogP contribution in [0.15, 0.2) is 78.2 Å². The fourth-order valence-corrected chi connectivity index (χ4v) is 6.55. The molecule has 206 valence electrons. The molecule has 2 fully saturated rings. The topological polar surface area (TPSA) is 119 Å². The Morgan fingerprint density at radius 1 is 0.925 bits per heavy atom. The van der Waals surface area contributed by atoms with Crippen molar-refractivity contribution in [2.24, 2.45) is 5.92 Å². The summed E-state index contributed by atoms with van der Waals surface area (Å²) in [6.45, 7) is 1.73. The number of nitrogens with zero attached hydrogens (tertiary/aromatic N) is 4. The number of para-hydroxylation sites is 2. The fraction of sp³-hybridized carbons (Fsp3) is 0.310. The largest absolute Gasteiger partial charge is 0.386 e. The Balaban J connectivity index is 1.37. The number of anilines is 3. The third-order valence-electron chi connectivity index (χ3n) is 7.77. The first-order valence-electron chi connectivity index (χ1n) is 13.3. The molecule has 3 aliphatic rings. The van der Waals surface area contributed by atoms with E-state index in [1.165, 1.54) is 28.4 Å². The molecule has 0 spiro atoms. The number of hydrogen-bond acceptors (Lipinski definition) is 9. The van der Waals surface area contributed by atoms with Gasteiger partial charge in [-0.05, 0) is 55.0 Å². The third kappa shape index (κ3) is 4.66. The number of nitrogens with one attached hydrogen (secondary N) is 1. The predicted molar refractivity (Wildman–Crippen MR) is 153 cm³/mol. The van der Waals surface area contributed by atoms with Gasteiger partial charge in [0.1, 0.15) is 12.1 Å². The Bertz CT molecular complexity index is 1440. The third-order valence-corrected chi connectivity index (χ3v) is 8.71. The standard InChI is InChI=1S/C29H29N5O5S/c35-27(25-9-6-18-40-25)24-15-14-21-26(33(24)30-19-10-12-20(13-11-19)34(38)39)29(37)32(28(21)36)23-8-3-2-7-22(23)31-16-4-1-5-17-31/h2-3,6-15,18,21,24,26-27,30,35H,1,4-5,16-17H2/t21?,24-,26+,27+/m1/s1.